The zero-order valence-corrected chi connectivity index (χ0v) is 15.0. The number of aromatic amines is 1. The quantitative estimate of drug-likeness (QED) is 0.787. The summed E-state index contributed by atoms with van der Waals surface area (Å²) < 4.78 is 5.97. The molecule has 4 rings (SSSR count). The van der Waals surface area contributed by atoms with Gasteiger partial charge in [-0.2, -0.15) is 0 Å². The number of hydrogen-bond donors (Lipinski definition) is 1. The van der Waals surface area contributed by atoms with E-state index in [1.807, 2.05) is 55.1 Å². The molecule has 1 fully saturated rings. The molecule has 1 amide bonds. The van der Waals surface area contributed by atoms with Crippen LogP contribution in [0.3, 0.4) is 0 Å². The molecule has 0 spiro atoms. The van der Waals surface area contributed by atoms with E-state index in [0.717, 1.165) is 41.7 Å². The summed E-state index contributed by atoms with van der Waals surface area (Å²) >= 11 is 0. The SMILES string of the molecule is Cc1cc(C)nc(OC2CCCN(C(=O)c3cc4ccccc4[nH]3)C2)n1. The average molecular weight is 350 g/mol. The Labute approximate surface area is 152 Å². The Kier molecular flexibility index (Phi) is 4.32. The first-order chi connectivity index (χ1) is 12.6. The molecule has 2 aromatic heterocycles. The summed E-state index contributed by atoms with van der Waals surface area (Å²) in [7, 11) is 0. The number of ether oxygens (including phenoxy) is 1. The van der Waals surface area contributed by atoms with Gasteiger partial charge in [0.25, 0.3) is 5.91 Å². The lowest BCUT2D eigenvalue weighted by molar-refractivity contribution is 0.0510. The van der Waals surface area contributed by atoms with Gasteiger partial charge in [0.2, 0.25) is 0 Å². The van der Waals surface area contributed by atoms with Crippen molar-refractivity contribution in [2.24, 2.45) is 0 Å². The number of aromatic nitrogens is 3. The van der Waals surface area contributed by atoms with Crippen molar-refractivity contribution >= 4 is 16.8 Å². The summed E-state index contributed by atoms with van der Waals surface area (Å²) in [5.41, 5.74) is 3.36. The van der Waals surface area contributed by atoms with Gasteiger partial charge in [-0.25, -0.2) is 9.97 Å². The predicted molar refractivity (Wildman–Crippen MR) is 99.4 cm³/mol. The maximum absolute atomic E-state index is 12.9. The van der Waals surface area contributed by atoms with Gasteiger partial charge in [-0.3, -0.25) is 4.79 Å². The number of carbonyl (C=O) groups is 1. The molecule has 0 radical (unpaired) electrons. The van der Waals surface area contributed by atoms with Crippen molar-refractivity contribution in [2.75, 3.05) is 13.1 Å². The molecule has 3 aromatic rings. The van der Waals surface area contributed by atoms with Crippen molar-refractivity contribution in [3.8, 4) is 6.01 Å². The number of fused-ring (bicyclic) bond motifs is 1. The molecule has 6 nitrogen and oxygen atoms in total. The lowest BCUT2D eigenvalue weighted by atomic mass is 10.1. The van der Waals surface area contributed by atoms with Crippen LogP contribution in [0, 0.1) is 13.8 Å². The zero-order valence-electron chi connectivity index (χ0n) is 15.0. The van der Waals surface area contributed by atoms with Gasteiger partial charge in [0.15, 0.2) is 0 Å². The molecule has 3 heterocycles. The third-order valence-corrected chi connectivity index (χ3v) is 4.66. The van der Waals surface area contributed by atoms with Crippen LogP contribution in [0.1, 0.15) is 34.7 Å². The lowest BCUT2D eigenvalue weighted by Gasteiger charge is -2.32. The molecule has 1 N–H and O–H groups in total. The van der Waals surface area contributed by atoms with Crippen molar-refractivity contribution in [1.82, 2.24) is 19.9 Å². The van der Waals surface area contributed by atoms with Gasteiger partial charge in [0.1, 0.15) is 11.8 Å². The van der Waals surface area contributed by atoms with E-state index >= 15 is 0 Å². The lowest BCUT2D eigenvalue weighted by Crippen LogP contribution is -2.44. The van der Waals surface area contributed by atoms with Gasteiger partial charge in [-0.15, -0.1) is 0 Å². The van der Waals surface area contributed by atoms with Gasteiger partial charge in [-0.1, -0.05) is 18.2 Å². The first kappa shape index (κ1) is 16.6. The van der Waals surface area contributed by atoms with Crippen molar-refractivity contribution in [3.63, 3.8) is 0 Å². The molecule has 0 saturated carbocycles. The topological polar surface area (TPSA) is 71.1 Å². The number of piperidine rings is 1. The highest BCUT2D eigenvalue weighted by atomic mass is 16.5. The summed E-state index contributed by atoms with van der Waals surface area (Å²) in [6.07, 6.45) is 1.71. The zero-order chi connectivity index (χ0) is 18.1. The third kappa shape index (κ3) is 3.40. The number of likely N-dealkylation sites (tertiary alicyclic amines) is 1. The number of aryl methyl sites for hydroxylation is 2. The molecule has 1 aliphatic rings. The van der Waals surface area contributed by atoms with E-state index in [1.54, 1.807) is 0 Å². The maximum Gasteiger partial charge on any atom is 0.317 e. The highest BCUT2D eigenvalue weighted by Crippen LogP contribution is 2.20. The Morgan fingerprint density at radius 3 is 2.73 bits per heavy atom. The molecule has 1 aliphatic heterocycles. The summed E-state index contributed by atoms with van der Waals surface area (Å²) in [6.45, 7) is 5.13. The van der Waals surface area contributed by atoms with Crippen LogP contribution in [-0.2, 0) is 0 Å². The summed E-state index contributed by atoms with van der Waals surface area (Å²) in [5, 5.41) is 1.05. The molecule has 1 saturated heterocycles. The first-order valence-corrected chi connectivity index (χ1v) is 8.94. The summed E-state index contributed by atoms with van der Waals surface area (Å²) in [6, 6.07) is 12.1. The third-order valence-electron chi connectivity index (χ3n) is 4.66. The monoisotopic (exact) mass is 350 g/mol. The second-order valence-corrected chi connectivity index (χ2v) is 6.84. The van der Waals surface area contributed by atoms with Crippen LogP contribution in [0.5, 0.6) is 6.01 Å². The molecule has 0 bridgehead atoms. The summed E-state index contributed by atoms with van der Waals surface area (Å²) in [5.74, 6) is 0.0100. The van der Waals surface area contributed by atoms with Crippen LogP contribution in [0.15, 0.2) is 36.4 Å². The molecule has 26 heavy (non-hydrogen) atoms. The van der Waals surface area contributed by atoms with Crippen molar-refractivity contribution in [3.05, 3.63) is 53.5 Å². The van der Waals surface area contributed by atoms with Gasteiger partial charge in [-0.05, 0) is 44.9 Å². The minimum absolute atomic E-state index is 0.0100. The molecule has 134 valence electrons. The van der Waals surface area contributed by atoms with Crippen LogP contribution in [-0.4, -0.2) is 45.0 Å². The van der Waals surface area contributed by atoms with E-state index in [0.29, 0.717) is 18.2 Å². The number of nitrogens with zero attached hydrogens (tertiary/aromatic N) is 3. The van der Waals surface area contributed by atoms with Crippen LogP contribution >= 0.6 is 0 Å². The van der Waals surface area contributed by atoms with Crippen LogP contribution in [0.2, 0.25) is 0 Å². The molecule has 1 unspecified atom stereocenters. The molecule has 1 aromatic carbocycles. The smallest absolute Gasteiger partial charge is 0.317 e. The second kappa shape index (κ2) is 6.78. The number of nitrogens with one attached hydrogen (secondary N) is 1. The maximum atomic E-state index is 12.9. The number of rotatable bonds is 3. The largest absolute Gasteiger partial charge is 0.458 e. The number of para-hydroxylation sites is 1. The number of carbonyl (C=O) groups excluding carboxylic acids is 1. The van der Waals surface area contributed by atoms with Crippen LogP contribution in [0.4, 0.5) is 0 Å². The van der Waals surface area contributed by atoms with E-state index in [4.69, 9.17) is 4.74 Å². The van der Waals surface area contributed by atoms with E-state index < -0.39 is 0 Å². The van der Waals surface area contributed by atoms with E-state index in [-0.39, 0.29) is 12.0 Å². The highest BCUT2D eigenvalue weighted by Gasteiger charge is 2.27. The van der Waals surface area contributed by atoms with Crippen molar-refractivity contribution < 1.29 is 9.53 Å². The number of H-pyrrole nitrogens is 1. The van der Waals surface area contributed by atoms with Gasteiger partial charge >= 0.3 is 6.01 Å². The van der Waals surface area contributed by atoms with E-state index in [1.165, 1.54) is 0 Å². The van der Waals surface area contributed by atoms with Crippen molar-refractivity contribution in [1.29, 1.82) is 0 Å². The van der Waals surface area contributed by atoms with Crippen molar-refractivity contribution in [2.45, 2.75) is 32.8 Å². The standard InChI is InChI=1S/C20H22N4O2/c1-13-10-14(2)22-20(21-13)26-16-7-5-9-24(12-16)19(25)18-11-15-6-3-4-8-17(15)23-18/h3-4,6,8,10-11,16,23H,5,7,9,12H2,1-2H3. The summed E-state index contributed by atoms with van der Waals surface area (Å²) in [4.78, 5) is 26.6. The second-order valence-electron chi connectivity index (χ2n) is 6.84. The fourth-order valence-electron chi connectivity index (χ4n) is 3.47. The number of hydrogen-bond acceptors (Lipinski definition) is 4. The molecular weight excluding hydrogens is 328 g/mol. The molecule has 1 atom stereocenters. The Morgan fingerprint density at radius 1 is 1.19 bits per heavy atom. The Bertz CT molecular complexity index is 897. The fourth-order valence-corrected chi connectivity index (χ4v) is 3.47. The number of amides is 1. The predicted octanol–water partition coefficient (Wildman–Crippen LogP) is 3.26. The fraction of sp³-hybridized carbons (Fsp3) is 0.350. The van der Waals surface area contributed by atoms with Gasteiger partial charge in [0.05, 0.1) is 6.54 Å². The van der Waals surface area contributed by atoms with Crippen LogP contribution < -0.4 is 4.74 Å². The highest BCUT2D eigenvalue weighted by molar-refractivity contribution is 5.98. The first-order valence-electron chi connectivity index (χ1n) is 8.94. The molecular formula is C20H22N4O2. The minimum atomic E-state index is -0.0849. The Morgan fingerprint density at radius 2 is 1.96 bits per heavy atom. The molecule has 6 heteroatoms. The average Bonchev–Trinajstić information content (AvgIpc) is 3.04. The van der Waals surface area contributed by atoms with E-state index in [2.05, 4.69) is 15.0 Å². The Hall–Kier alpha value is -2.89. The van der Waals surface area contributed by atoms with Gasteiger partial charge < -0.3 is 14.6 Å². The van der Waals surface area contributed by atoms with E-state index in [9.17, 15) is 4.79 Å². The molecule has 0 aliphatic carbocycles. The normalized spacial score (nSPS) is 17.5. The Balaban J connectivity index is 1.48. The minimum Gasteiger partial charge on any atom is -0.458 e. The van der Waals surface area contributed by atoms with Crippen LogP contribution in [0.25, 0.3) is 10.9 Å². The van der Waals surface area contributed by atoms with Gasteiger partial charge in [0, 0.05) is 28.8 Å². The number of benzene rings is 1.